The number of amides is 4. The second kappa shape index (κ2) is 55.1. The molecule has 148 heavy (non-hydrogen) atoms. The third kappa shape index (κ3) is 32.8. The summed E-state index contributed by atoms with van der Waals surface area (Å²) in [5, 5.41) is 14.6. The minimum absolute atomic E-state index is 0.0382. The number of carbonyl (C=O) groups is 5. The minimum atomic E-state index is -1.56. The number of hydrogen-bond donors (Lipinski definition) is 0. The molecule has 0 atom stereocenters. The first kappa shape index (κ1) is 116. The van der Waals surface area contributed by atoms with Gasteiger partial charge in [-0.25, -0.2) is 69.2 Å². The number of rotatable bonds is 20. The molecule has 0 bridgehead atoms. The molecule has 0 unspecified atom stereocenters. The van der Waals surface area contributed by atoms with E-state index in [1.807, 2.05) is 183 Å². The molecule has 7 aromatic heterocycles. The van der Waals surface area contributed by atoms with Crippen LogP contribution >= 0.6 is 124 Å². The van der Waals surface area contributed by atoms with Crippen molar-refractivity contribution in [2.24, 2.45) is 0 Å². The van der Waals surface area contributed by atoms with Crippen molar-refractivity contribution in [3.8, 4) is 54.0 Å². The van der Waals surface area contributed by atoms with Gasteiger partial charge >= 0.3 is 114 Å². The van der Waals surface area contributed by atoms with Gasteiger partial charge in [-0.3, -0.25) is 9.59 Å². The summed E-state index contributed by atoms with van der Waals surface area (Å²) in [6.45, 7) is 42.7. The summed E-state index contributed by atoms with van der Waals surface area (Å²) in [6.07, 6.45) is 22.1. The molecular formula is C110H128Br2Cl5N19O8S3Sn. The van der Waals surface area contributed by atoms with Crippen molar-refractivity contribution in [2.45, 2.75) is 164 Å². The van der Waals surface area contributed by atoms with Gasteiger partial charge in [0.05, 0.1) is 27.1 Å². The van der Waals surface area contributed by atoms with Crippen LogP contribution in [0.4, 0.5) is 37.7 Å². The first-order valence-electron chi connectivity index (χ1n) is 49.5. The topological polar surface area (TPSA) is 281 Å². The van der Waals surface area contributed by atoms with Crippen LogP contribution in [0.25, 0.3) is 97.6 Å². The van der Waals surface area contributed by atoms with Crippen LogP contribution < -0.4 is 19.6 Å². The Labute approximate surface area is 925 Å². The third-order valence-corrected chi connectivity index (χ3v) is 43.4. The number of fused-ring (bicyclic) bond motifs is 4. The number of anilines is 4. The minimum Gasteiger partial charge on any atom is -0.444 e. The largest absolute Gasteiger partial charge is 0.444 e. The van der Waals surface area contributed by atoms with E-state index in [0.29, 0.717) is 125 Å². The fourth-order valence-corrected chi connectivity index (χ4v) is 33.3. The monoisotopic (exact) mass is 2390 g/mol. The summed E-state index contributed by atoms with van der Waals surface area (Å²) >= 11 is 41.1. The number of aromatic nitrogens is 11. The quantitative estimate of drug-likeness (QED) is 0.0296. The molecule has 0 spiro atoms. The summed E-state index contributed by atoms with van der Waals surface area (Å²) in [6, 6.07) is 39.9. The van der Waals surface area contributed by atoms with Crippen molar-refractivity contribution in [3.63, 3.8) is 0 Å². The van der Waals surface area contributed by atoms with Gasteiger partial charge in [0.1, 0.15) is 80.4 Å². The molecule has 11 heterocycles. The number of halogens is 7. The van der Waals surface area contributed by atoms with Gasteiger partial charge in [0.2, 0.25) is 11.1 Å². The van der Waals surface area contributed by atoms with Crippen molar-refractivity contribution in [2.75, 3.05) is 124 Å². The Morgan fingerprint density at radius 3 is 0.966 bits per heavy atom. The molecule has 4 amide bonds. The fraction of sp³-hybridized carbons (Fsp3) is 0.382. The second-order valence-electron chi connectivity index (χ2n) is 39.0. The van der Waals surface area contributed by atoms with E-state index in [1.54, 1.807) is 105 Å². The number of ether oxygens (including phenoxy) is 3. The summed E-state index contributed by atoms with van der Waals surface area (Å²) in [4.78, 5) is 125. The summed E-state index contributed by atoms with van der Waals surface area (Å²) in [7, 11) is 0. The van der Waals surface area contributed by atoms with Gasteiger partial charge in [-0.1, -0.05) is 142 Å². The smallest absolute Gasteiger partial charge is 0.410 e. The van der Waals surface area contributed by atoms with Crippen LogP contribution in [0.2, 0.25) is 38.3 Å². The maximum absolute atomic E-state index is 12.4. The molecular weight excluding hydrogens is 2270 g/mol. The van der Waals surface area contributed by atoms with Crippen molar-refractivity contribution in [3.05, 3.63) is 241 Å². The SMILES string of the molecule is Brc1ccccc1-c1nccs1.C=CC(=O)Cl.C=CC(=O)N1CCN(c2ncnc3cc(-c4ccccc4-c4nccs4)c(Cl)cc23)CC1.CC(C)(C)OC(=O)N1CCN(c2ncnc3cc(-c4ccccc4-c4nccs4)c(Cl)cc23)CC1.CC(C)(C)OC(=O)N1CCN(c2ncnc3cc(Br)c(Cl)cc23)CC1.CCC[CH2][Sn]([CH3])([CH2]CCC)[CH2]CCC.Cc1cc2ncnc(N3CCN(C(=O)OC(C)(C)C)CC3)c2cc1Cl. The zero-order valence-corrected chi connectivity index (χ0v) is 98.5. The van der Waals surface area contributed by atoms with Crippen molar-refractivity contribution < 1.29 is 38.2 Å². The Kier molecular flexibility index (Phi) is 43.3. The van der Waals surface area contributed by atoms with Crippen LogP contribution in [-0.4, -0.2) is 244 Å². The summed E-state index contributed by atoms with van der Waals surface area (Å²) < 4.78 is 23.3. The maximum Gasteiger partial charge on any atom is 0.410 e. The van der Waals surface area contributed by atoms with Crippen LogP contribution in [0, 0.1) is 6.92 Å². The summed E-state index contributed by atoms with van der Waals surface area (Å²) in [5.74, 6) is 3.31. The van der Waals surface area contributed by atoms with E-state index >= 15 is 0 Å². The number of allylic oxidation sites excluding steroid dienone is 1. The Bertz CT molecular complexity index is 6680. The fourth-order valence-electron chi connectivity index (χ4n) is 17.0. The Balaban J connectivity index is 0.000000161. The molecule has 27 nitrogen and oxygen atoms in total. The number of piperazine rings is 4. The number of benzene rings is 7. The first-order chi connectivity index (χ1) is 70.8. The molecule has 7 aromatic carbocycles. The average Bonchev–Trinajstić information content (AvgIpc) is 0.897. The van der Waals surface area contributed by atoms with Crippen molar-refractivity contribution in [1.29, 1.82) is 0 Å². The van der Waals surface area contributed by atoms with E-state index < -0.39 is 40.4 Å². The predicted molar refractivity (Wildman–Crippen MR) is 620 cm³/mol. The zero-order chi connectivity index (χ0) is 107. The average molecular weight is 2400 g/mol. The molecule has 18 rings (SSSR count). The number of nitrogens with zero attached hydrogens (tertiary/aromatic N) is 19. The van der Waals surface area contributed by atoms with E-state index in [1.165, 1.54) is 44.6 Å². The molecule has 0 saturated carbocycles. The van der Waals surface area contributed by atoms with Crippen LogP contribution in [0.3, 0.4) is 0 Å². The molecule has 38 heteroatoms. The van der Waals surface area contributed by atoms with E-state index in [9.17, 15) is 24.0 Å². The van der Waals surface area contributed by atoms with Crippen LogP contribution in [0.1, 0.15) is 127 Å². The second-order valence-corrected chi connectivity index (χ2v) is 60.0. The molecule has 4 fully saturated rings. The maximum atomic E-state index is 12.4. The van der Waals surface area contributed by atoms with Gasteiger partial charge < -0.3 is 53.4 Å². The Hall–Kier alpha value is -10.4. The van der Waals surface area contributed by atoms with Crippen molar-refractivity contribution in [1.82, 2.24) is 74.4 Å². The molecule has 0 N–H and O–H groups in total. The standard InChI is InChI=1S/C26H26ClN5O2S.C24H20ClN5OS.C18H23ClN4O2.C17H20BrClN4O2.C9H6BrNS.3C4H9.C3H3ClO.CH3.Sn/c1-26(2,3)34-25(33)32-11-9-31(10-12-32)23-20-14-21(27)19(15-22(20)29-16-30-23)17-6-4-5-7-18(17)24-28-8-13-35-24;1-2-22(31)29-8-10-30(11-9-29)23-19-13-20(25)18(14-21(19)27-15-28-23)16-5-3-4-6-17(16)24-26-7-12-32-24;1-12-9-15-13(10-14(12)19)16(21-11-20-15)22-5-7-23(8-6-22)17(24)25-18(2,3)4;1-17(2,3)25-16(24)23-6-4-22(5-7-23)15-11-8-13(19)12(18)9-14(11)20-10-21-15;10-8-4-2-1-3-7(8)9-11-5-6-12-9;3*1-3-4-2;1-2-3(4)5;;/h4-8,13-16H,9-12H2,1-3H3;2-7,12-15H,1,8-11H2;9-11H,5-8H2,1-4H3;8-10H,4-7H2,1-3H3;1-6H;3*1,3-4H2,2H3;2H,1H2;1H3;. The van der Waals surface area contributed by atoms with Gasteiger partial charge in [-0.15, -0.1) is 34.0 Å². The van der Waals surface area contributed by atoms with Crippen LogP contribution in [0.5, 0.6) is 0 Å². The normalized spacial score (nSPS) is 13.9. The van der Waals surface area contributed by atoms with Crippen LogP contribution in [-0.2, 0) is 23.8 Å². The molecule has 0 aliphatic carbocycles. The van der Waals surface area contributed by atoms with E-state index in [2.05, 4.69) is 175 Å². The first-order valence-corrected chi connectivity index (χ1v) is 64.5. The molecule has 14 aromatic rings. The van der Waals surface area contributed by atoms with E-state index in [4.69, 9.17) is 72.2 Å². The number of thiazole rings is 3. The van der Waals surface area contributed by atoms with Gasteiger partial charge in [0.25, 0.3) is 0 Å². The number of aryl methyl sites for hydroxylation is 1. The number of hydrogen-bond acceptors (Lipinski definition) is 26. The Morgan fingerprint density at radius 1 is 0.372 bits per heavy atom. The molecule has 4 aliphatic heterocycles. The molecule has 782 valence electrons. The van der Waals surface area contributed by atoms with E-state index in [0.717, 1.165) is 141 Å². The summed E-state index contributed by atoms with van der Waals surface area (Å²) in [5.41, 5.74) is 9.96. The van der Waals surface area contributed by atoms with Crippen molar-refractivity contribution >= 4 is 239 Å². The molecule has 4 saturated heterocycles. The Morgan fingerprint density at radius 2 is 0.662 bits per heavy atom. The number of unbranched alkanes of at least 4 members (excludes halogenated alkanes) is 3. The number of carbonyl (C=O) groups excluding carboxylic acids is 5. The molecule has 4 aliphatic rings. The van der Waals surface area contributed by atoms with Crippen LogP contribution in [0.15, 0.2) is 216 Å². The predicted octanol–water partition coefficient (Wildman–Crippen LogP) is 28.8. The van der Waals surface area contributed by atoms with E-state index in [-0.39, 0.29) is 24.2 Å². The molecule has 0 radical (unpaired) electrons. The van der Waals surface area contributed by atoms with Gasteiger partial charge in [-0.2, -0.15) is 0 Å². The van der Waals surface area contributed by atoms with Gasteiger partial charge in [-0.05, 0) is 180 Å². The third-order valence-electron chi connectivity index (χ3n) is 24.6. The zero-order valence-electron chi connectivity index (χ0n) is 86.2. The van der Waals surface area contributed by atoms with Gasteiger partial charge in [0.15, 0.2) is 0 Å². The van der Waals surface area contributed by atoms with Gasteiger partial charge in [0, 0.05) is 213 Å².